The Balaban J connectivity index is 1.28. The van der Waals surface area contributed by atoms with Crippen LogP contribution >= 0.6 is 0 Å². The van der Waals surface area contributed by atoms with Crippen molar-refractivity contribution in [3.63, 3.8) is 0 Å². The molecular weight excluding hydrogens is 540 g/mol. The molecule has 0 amide bonds. The minimum Gasteiger partial charge on any atom is -0.264 e. The van der Waals surface area contributed by atoms with Gasteiger partial charge in [0.25, 0.3) is 0 Å². The molecule has 0 fully saturated rings. The van der Waals surface area contributed by atoms with E-state index in [9.17, 15) is 16.8 Å². The van der Waals surface area contributed by atoms with E-state index in [1.165, 1.54) is 17.1 Å². The van der Waals surface area contributed by atoms with E-state index in [1.54, 1.807) is 61.9 Å². The summed E-state index contributed by atoms with van der Waals surface area (Å²) in [7, 11) is -5.23. The monoisotopic (exact) mass is 584 g/mol. The molecule has 0 aliphatic rings. The maximum absolute atomic E-state index is 13.3. The number of unbranched alkanes of at least 4 members (excludes halogenated alkanes) is 9. The van der Waals surface area contributed by atoms with Crippen LogP contribution in [-0.2, 0) is 19.9 Å². The number of aromatic nitrogens is 1. The first-order valence-corrected chi connectivity index (χ1v) is 17.4. The molecule has 0 aliphatic heterocycles. The number of hydrogen-bond acceptors (Lipinski definition) is 5. The molecule has 0 radical (unpaired) electrons. The van der Waals surface area contributed by atoms with Gasteiger partial charge in [-0.3, -0.25) is 4.98 Å². The normalized spacial score (nSPS) is 13.0. The van der Waals surface area contributed by atoms with E-state index in [0.717, 1.165) is 62.5 Å². The number of sulfone groups is 1. The van der Waals surface area contributed by atoms with Gasteiger partial charge in [-0.2, -0.15) is 0 Å². The Morgan fingerprint density at radius 1 is 0.675 bits per heavy atom. The van der Waals surface area contributed by atoms with Gasteiger partial charge in [0.2, 0.25) is 10.0 Å². The van der Waals surface area contributed by atoms with E-state index in [-0.39, 0.29) is 0 Å². The molecule has 1 aromatic heterocycles. The van der Waals surface area contributed by atoms with Gasteiger partial charge >= 0.3 is 0 Å². The van der Waals surface area contributed by atoms with Crippen molar-refractivity contribution in [3.8, 4) is 0 Å². The van der Waals surface area contributed by atoms with E-state index >= 15 is 0 Å². The highest BCUT2D eigenvalue weighted by Gasteiger charge is 2.28. The molecule has 0 aliphatic carbocycles. The van der Waals surface area contributed by atoms with Crippen LogP contribution in [0.15, 0.2) is 88.9 Å². The van der Waals surface area contributed by atoms with Crippen LogP contribution in [0.5, 0.6) is 0 Å². The highest BCUT2D eigenvalue weighted by atomic mass is 32.2. The number of sulfonamides is 1. The quantitative estimate of drug-likeness (QED) is 0.144. The van der Waals surface area contributed by atoms with Gasteiger partial charge in [0, 0.05) is 26.0 Å². The van der Waals surface area contributed by atoms with Crippen molar-refractivity contribution in [2.75, 3.05) is 13.6 Å². The van der Waals surface area contributed by atoms with E-state index in [1.807, 2.05) is 31.2 Å². The van der Waals surface area contributed by atoms with Crippen LogP contribution in [0.1, 0.15) is 87.0 Å². The average molecular weight is 585 g/mol. The molecule has 0 saturated carbocycles. The van der Waals surface area contributed by atoms with Crippen molar-refractivity contribution in [2.24, 2.45) is 0 Å². The van der Waals surface area contributed by atoms with Gasteiger partial charge < -0.3 is 0 Å². The summed E-state index contributed by atoms with van der Waals surface area (Å²) in [5, 5.41) is -0.575. The molecule has 0 bridgehead atoms. The van der Waals surface area contributed by atoms with Crippen molar-refractivity contribution in [1.82, 2.24) is 9.29 Å². The molecule has 1 heterocycles. The molecule has 6 nitrogen and oxygen atoms in total. The predicted molar refractivity (Wildman–Crippen MR) is 162 cm³/mol. The number of aryl methyl sites for hydroxylation is 1. The zero-order valence-corrected chi connectivity index (χ0v) is 25.5. The van der Waals surface area contributed by atoms with Gasteiger partial charge in [0.15, 0.2) is 9.84 Å². The molecule has 8 heteroatoms. The molecule has 0 N–H and O–H groups in total. The smallest absolute Gasteiger partial charge is 0.242 e. The lowest BCUT2D eigenvalue weighted by Gasteiger charge is -2.18. The third kappa shape index (κ3) is 9.53. The maximum Gasteiger partial charge on any atom is 0.242 e. The maximum atomic E-state index is 13.3. The molecule has 3 aromatic rings. The van der Waals surface area contributed by atoms with Crippen LogP contribution in [-0.4, -0.2) is 39.7 Å². The Hall–Kier alpha value is -2.55. The summed E-state index contributed by atoms with van der Waals surface area (Å²) in [6, 6.07) is 19.4. The first kappa shape index (κ1) is 32.0. The van der Waals surface area contributed by atoms with Gasteiger partial charge in [-0.15, -0.1) is 0 Å². The Kier molecular flexibility index (Phi) is 12.8. The SMILES string of the molecule is Cc1ccc(S(=O)(=O)N(C)CCCCCCCCCCCCC(c2cccnc2)S(=O)(=O)c2ccccc2)cc1. The third-order valence-electron chi connectivity index (χ3n) is 7.42. The topological polar surface area (TPSA) is 84.4 Å². The van der Waals surface area contributed by atoms with E-state index in [0.29, 0.717) is 22.8 Å². The van der Waals surface area contributed by atoms with E-state index in [2.05, 4.69) is 4.98 Å². The molecular formula is C32H44N2O4S2. The predicted octanol–water partition coefficient (Wildman–Crippen LogP) is 7.52. The highest BCUT2D eigenvalue weighted by molar-refractivity contribution is 7.91. The van der Waals surface area contributed by atoms with E-state index in [4.69, 9.17) is 0 Å². The molecule has 2 aromatic carbocycles. The first-order chi connectivity index (χ1) is 19.2. The summed E-state index contributed by atoms with van der Waals surface area (Å²) in [4.78, 5) is 4.88. The zero-order valence-electron chi connectivity index (χ0n) is 23.9. The Bertz CT molecular complexity index is 1350. The van der Waals surface area contributed by atoms with Crippen LogP contribution in [0.4, 0.5) is 0 Å². The minimum atomic E-state index is -3.47. The Labute approximate surface area is 241 Å². The second kappa shape index (κ2) is 16.0. The van der Waals surface area contributed by atoms with Crippen LogP contribution in [0, 0.1) is 6.92 Å². The lowest BCUT2D eigenvalue weighted by Crippen LogP contribution is -2.27. The Morgan fingerprint density at radius 3 is 1.82 bits per heavy atom. The van der Waals surface area contributed by atoms with Gasteiger partial charge in [-0.05, 0) is 55.7 Å². The summed E-state index contributed by atoms with van der Waals surface area (Å²) < 4.78 is 53.5. The van der Waals surface area contributed by atoms with Gasteiger partial charge in [-0.1, -0.05) is 99.7 Å². The van der Waals surface area contributed by atoms with Crippen molar-refractivity contribution in [3.05, 3.63) is 90.3 Å². The fraction of sp³-hybridized carbons (Fsp3) is 0.469. The molecule has 1 atom stereocenters. The van der Waals surface area contributed by atoms with Gasteiger partial charge in [-0.25, -0.2) is 21.1 Å². The van der Waals surface area contributed by atoms with Crippen LogP contribution in [0.2, 0.25) is 0 Å². The summed E-state index contributed by atoms with van der Waals surface area (Å²) in [6.45, 7) is 2.48. The van der Waals surface area contributed by atoms with Crippen molar-refractivity contribution in [1.29, 1.82) is 0 Å². The average Bonchev–Trinajstić information content (AvgIpc) is 2.96. The second-order valence-corrected chi connectivity index (χ2v) is 14.8. The van der Waals surface area contributed by atoms with E-state index < -0.39 is 25.1 Å². The zero-order chi connectivity index (χ0) is 28.8. The minimum absolute atomic E-state index is 0.353. The largest absolute Gasteiger partial charge is 0.264 e. The number of hydrogen-bond donors (Lipinski definition) is 0. The number of benzene rings is 2. The molecule has 3 rings (SSSR count). The van der Waals surface area contributed by atoms with Crippen LogP contribution in [0.3, 0.4) is 0 Å². The Morgan fingerprint density at radius 2 is 1.25 bits per heavy atom. The number of pyridine rings is 1. The third-order valence-corrected chi connectivity index (χ3v) is 11.5. The standard InChI is InChI=1S/C32H44N2O4S2/c1-28-21-23-31(24-22-28)40(37,38)34(2)26-15-10-8-6-4-3-5-7-9-14-20-32(29-17-16-25-33-27-29)39(35,36)30-18-12-11-13-19-30/h11-13,16-19,21-25,27,32H,3-10,14-15,20,26H2,1-2H3. The summed E-state index contributed by atoms with van der Waals surface area (Å²) in [6.07, 6.45) is 14.6. The number of rotatable bonds is 18. The first-order valence-electron chi connectivity index (χ1n) is 14.4. The molecule has 218 valence electrons. The second-order valence-electron chi connectivity index (χ2n) is 10.6. The van der Waals surface area contributed by atoms with Crippen LogP contribution in [0.25, 0.3) is 0 Å². The van der Waals surface area contributed by atoms with Crippen LogP contribution < -0.4 is 0 Å². The summed E-state index contributed by atoms with van der Waals surface area (Å²) in [5.41, 5.74) is 1.80. The molecule has 1 unspecified atom stereocenters. The van der Waals surface area contributed by atoms with Crippen molar-refractivity contribution >= 4 is 19.9 Å². The van der Waals surface area contributed by atoms with Crippen molar-refractivity contribution in [2.45, 2.75) is 92.6 Å². The fourth-order valence-corrected chi connectivity index (χ4v) is 7.98. The van der Waals surface area contributed by atoms with Gasteiger partial charge in [0.1, 0.15) is 0 Å². The molecule has 0 spiro atoms. The fourth-order valence-electron chi connectivity index (χ4n) is 4.93. The lowest BCUT2D eigenvalue weighted by atomic mass is 10.0. The lowest BCUT2D eigenvalue weighted by molar-refractivity contribution is 0.447. The van der Waals surface area contributed by atoms with Crippen molar-refractivity contribution < 1.29 is 16.8 Å². The summed E-state index contributed by atoms with van der Waals surface area (Å²) >= 11 is 0. The molecule has 40 heavy (non-hydrogen) atoms. The summed E-state index contributed by atoms with van der Waals surface area (Å²) in [5.74, 6) is 0. The van der Waals surface area contributed by atoms with Gasteiger partial charge in [0.05, 0.1) is 15.0 Å². The number of nitrogens with zero attached hydrogens (tertiary/aromatic N) is 2. The highest BCUT2D eigenvalue weighted by Crippen LogP contribution is 2.33. The molecule has 0 saturated heterocycles.